The van der Waals surface area contributed by atoms with E-state index in [2.05, 4.69) is 15.4 Å². The van der Waals surface area contributed by atoms with Crippen LogP contribution in [0.2, 0.25) is 5.02 Å². The number of carbonyl (C=O) groups excluding carboxylic acids is 2. The molecule has 8 heteroatoms. The first kappa shape index (κ1) is 22.5. The number of hydrogen-bond acceptors (Lipinski definition) is 4. The van der Waals surface area contributed by atoms with Gasteiger partial charge in [0.15, 0.2) is 5.82 Å². The Bertz CT molecular complexity index is 1090. The standard InChI is InChI=1S/C23H26ClN5O2/c1-5-28(6-2)21(30)14-17-7-9-18(10-8-17)25-23(31)22-19(24)11-12-20(26-22)29-16(4)13-15(3)27-29/h7-13H,5-6,14H2,1-4H3,(H,25,31). The van der Waals surface area contributed by atoms with Gasteiger partial charge in [-0.25, -0.2) is 9.67 Å². The third-order valence-corrected chi connectivity index (χ3v) is 5.26. The molecular formula is C23H26ClN5O2. The second-order valence-corrected chi connectivity index (χ2v) is 7.64. The van der Waals surface area contributed by atoms with Crippen LogP contribution in [0, 0.1) is 13.8 Å². The SMILES string of the molecule is CCN(CC)C(=O)Cc1ccc(NC(=O)c2nc(-n3nc(C)cc3C)ccc2Cl)cc1. The molecule has 31 heavy (non-hydrogen) atoms. The second kappa shape index (κ2) is 9.75. The fourth-order valence-corrected chi connectivity index (χ4v) is 3.52. The Morgan fingerprint density at radius 3 is 2.32 bits per heavy atom. The molecule has 0 radical (unpaired) electrons. The van der Waals surface area contributed by atoms with E-state index in [1.54, 1.807) is 33.8 Å². The molecule has 3 rings (SSSR count). The third kappa shape index (κ3) is 5.30. The van der Waals surface area contributed by atoms with Crippen LogP contribution in [-0.2, 0) is 11.2 Å². The van der Waals surface area contributed by atoms with Crippen LogP contribution >= 0.6 is 11.6 Å². The van der Waals surface area contributed by atoms with E-state index in [0.29, 0.717) is 31.0 Å². The summed E-state index contributed by atoms with van der Waals surface area (Å²) < 4.78 is 1.67. The molecule has 0 aliphatic heterocycles. The Kier molecular flexibility index (Phi) is 7.07. The smallest absolute Gasteiger partial charge is 0.275 e. The van der Waals surface area contributed by atoms with Gasteiger partial charge in [0.25, 0.3) is 5.91 Å². The molecule has 0 aliphatic carbocycles. The summed E-state index contributed by atoms with van der Waals surface area (Å²) >= 11 is 6.23. The lowest BCUT2D eigenvalue weighted by atomic mass is 10.1. The van der Waals surface area contributed by atoms with E-state index in [4.69, 9.17) is 11.6 Å². The first-order chi connectivity index (χ1) is 14.8. The zero-order valence-corrected chi connectivity index (χ0v) is 18.9. The number of likely N-dealkylation sites (N-methyl/N-ethyl adjacent to an activating group) is 1. The molecule has 2 aromatic heterocycles. The van der Waals surface area contributed by atoms with Gasteiger partial charge in [0.05, 0.1) is 17.1 Å². The molecule has 162 valence electrons. The van der Waals surface area contributed by atoms with Crippen LogP contribution in [0.3, 0.4) is 0 Å². The average Bonchev–Trinajstić information content (AvgIpc) is 3.08. The maximum Gasteiger partial charge on any atom is 0.275 e. The first-order valence-corrected chi connectivity index (χ1v) is 10.6. The number of halogens is 1. The zero-order valence-electron chi connectivity index (χ0n) is 18.1. The van der Waals surface area contributed by atoms with Crippen molar-refractivity contribution in [3.05, 3.63) is 70.1 Å². The molecule has 0 aliphatic rings. The number of aromatic nitrogens is 3. The van der Waals surface area contributed by atoms with E-state index in [9.17, 15) is 9.59 Å². The molecule has 1 aromatic carbocycles. The van der Waals surface area contributed by atoms with Gasteiger partial charge < -0.3 is 10.2 Å². The number of aryl methyl sites for hydroxylation is 2. The predicted molar refractivity (Wildman–Crippen MR) is 122 cm³/mol. The Morgan fingerprint density at radius 2 is 1.74 bits per heavy atom. The van der Waals surface area contributed by atoms with E-state index in [1.807, 2.05) is 45.9 Å². The van der Waals surface area contributed by atoms with Crippen molar-refractivity contribution in [2.45, 2.75) is 34.1 Å². The lowest BCUT2D eigenvalue weighted by Crippen LogP contribution is -2.31. The van der Waals surface area contributed by atoms with Crippen LogP contribution in [-0.4, -0.2) is 44.6 Å². The molecule has 0 atom stereocenters. The van der Waals surface area contributed by atoms with Gasteiger partial charge in [-0.1, -0.05) is 23.7 Å². The van der Waals surface area contributed by atoms with Gasteiger partial charge in [-0.3, -0.25) is 9.59 Å². The fourth-order valence-electron chi connectivity index (χ4n) is 3.33. The number of benzene rings is 1. The normalized spacial score (nSPS) is 10.7. The summed E-state index contributed by atoms with van der Waals surface area (Å²) in [4.78, 5) is 31.3. The van der Waals surface area contributed by atoms with Crippen LogP contribution in [0.25, 0.3) is 5.82 Å². The van der Waals surface area contributed by atoms with Gasteiger partial charge in [-0.15, -0.1) is 0 Å². The Balaban J connectivity index is 1.74. The molecule has 0 bridgehead atoms. The summed E-state index contributed by atoms with van der Waals surface area (Å²) in [5, 5.41) is 7.47. The van der Waals surface area contributed by atoms with Gasteiger partial charge in [0.1, 0.15) is 5.69 Å². The van der Waals surface area contributed by atoms with Crippen molar-refractivity contribution >= 4 is 29.1 Å². The van der Waals surface area contributed by atoms with E-state index in [1.165, 1.54) is 0 Å². The minimum absolute atomic E-state index is 0.0822. The Morgan fingerprint density at radius 1 is 1.06 bits per heavy atom. The van der Waals surface area contributed by atoms with Crippen LogP contribution < -0.4 is 5.32 Å². The van der Waals surface area contributed by atoms with Crippen LogP contribution in [0.15, 0.2) is 42.5 Å². The van der Waals surface area contributed by atoms with Gasteiger partial charge >= 0.3 is 0 Å². The first-order valence-electron chi connectivity index (χ1n) is 10.2. The molecule has 0 spiro atoms. The lowest BCUT2D eigenvalue weighted by Gasteiger charge is -2.18. The number of hydrogen-bond donors (Lipinski definition) is 1. The predicted octanol–water partition coefficient (Wildman–Crippen LogP) is 4.20. The van der Waals surface area contributed by atoms with Crippen molar-refractivity contribution in [3.63, 3.8) is 0 Å². The minimum Gasteiger partial charge on any atom is -0.343 e. The second-order valence-electron chi connectivity index (χ2n) is 7.23. The quantitative estimate of drug-likeness (QED) is 0.598. The number of pyridine rings is 1. The van der Waals surface area contributed by atoms with Crippen molar-refractivity contribution in [3.8, 4) is 5.82 Å². The lowest BCUT2D eigenvalue weighted by molar-refractivity contribution is -0.130. The maximum absolute atomic E-state index is 12.8. The number of anilines is 1. The van der Waals surface area contributed by atoms with Crippen molar-refractivity contribution in [2.24, 2.45) is 0 Å². The van der Waals surface area contributed by atoms with Gasteiger partial charge in [-0.2, -0.15) is 5.10 Å². The minimum atomic E-state index is -0.416. The van der Waals surface area contributed by atoms with Crippen LogP contribution in [0.5, 0.6) is 0 Å². The number of nitrogens with one attached hydrogen (secondary N) is 1. The van der Waals surface area contributed by atoms with Crippen molar-refractivity contribution in [2.75, 3.05) is 18.4 Å². The number of nitrogens with zero attached hydrogens (tertiary/aromatic N) is 4. The highest BCUT2D eigenvalue weighted by Gasteiger charge is 2.16. The molecule has 0 fully saturated rings. The summed E-state index contributed by atoms with van der Waals surface area (Å²) in [5.74, 6) is 0.185. The van der Waals surface area contributed by atoms with E-state index < -0.39 is 5.91 Å². The molecule has 2 heterocycles. The summed E-state index contributed by atoms with van der Waals surface area (Å²) in [5.41, 5.74) is 3.37. The summed E-state index contributed by atoms with van der Waals surface area (Å²) in [7, 11) is 0. The highest BCUT2D eigenvalue weighted by atomic mass is 35.5. The maximum atomic E-state index is 12.8. The number of amides is 2. The fraction of sp³-hybridized carbons (Fsp3) is 0.304. The van der Waals surface area contributed by atoms with E-state index in [-0.39, 0.29) is 16.6 Å². The summed E-state index contributed by atoms with van der Waals surface area (Å²) in [6, 6.07) is 12.5. The zero-order chi connectivity index (χ0) is 22.5. The third-order valence-electron chi connectivity index (χ3n) is 4.96. The highest BCUT2D eigenvalue weighted by Crippen LogP contribution is 2.20. The van der Waals surface area contributed by atoms with E-state index >= 15 is 0 Å². The monoisotopic (exact) mass is 439 g/mol. The molecule has 3 aromatic rings. The van der Waals surface area contributed by atoms with Gasteiger partial charge in [0, 0.05) is 24.5 Å². The molecular weight excluding hydrogens is 414 g/mol. The molecule has 2 amide bonds. The van der Waals surface area contributed by atoms with Crippen molar-refractivity contribution in [1.29, 1.82) is 0 Å². The van der Waals surface area contributed by atoms with Crippen molar-refractivity contribution in [1.82, 2.24) is 19.7 Å². The molecule has 7 nitrogen and oxygen atoms in total. The molecule has 1 N–H and O–H groups in total. The Labute approximate surface area is 187 Å². The average molecular weight is 440 g/mol. The molecule has 0 saturated heterocycles. The van der Waals surface area contributed by atoms with Crippen molar-refractivity contribution < 1.29 is 9.59 Å². The molecule has 0 unspecified atom stereocenters. The highest BCUT2D eigenvalue weighted by molar-refractivity contribution is 6.34. The topological polar surface area (TPSA) is 80.1 Å². The van der Waals surface area contributed by atoms with Gasteiger partial charge in [0.2, 0.25) is 5.91 Å². The number of carbonyl (C=O) groups is 2. The van der Waals surface area contributed by atoms with Crippen LogP contribution in [0.4, 0.5) is 5.69 Å². The van der Waals surface area contributed by atoms with E-state index in [0.717, 1.165) is 17.0 Å². The summed E-state index contributed by atoms with van der Waals surface area (Å²) in [6.07, 6.45) is 0.327. The Hall–Kier alpha value is -3.19. The largest absolute Gasteiger partial charge is 0.343 e. The summed E-state index contributed by atoms with van der Waals surface area (Å²) in [6.45, 7) is 9.11. The van der Waals surface area contributed by atoms with Crippen LogP contribution in [0.1, 0.15) is 41.3 Å². The molecule has 0 saturated carbocycles. The number of rotatable bonds is 7. The van der Waals surface area contributed by atoms with Gasteiger partial charge in [-0.05, 0) is 63.6 Å².